The van der Waals surface area contributed by atoms with Gasteiger partial charge in [-0.25, -0.2) is 0 Å². The molecule has 18 nitrogen and oxygen atoms in total. The van der Waals surface area contributed by atoms with E-state index in [-0.39, 0.29) is 63.7 Å². The van der Waals surface area contributed by atoms with E-state index in [2.05, 4.69) is 10.6 Å². The third-order valence-electron chi connectivity index (χ3n) is 17.0. The van der Waals surface area contributed by atoms with Gasteiger partial charge < -0.3 is 39.1 Å². The number of rotatable bonds is 15. The van der Waals surface area contributed by atoms with Crippen molar-refractivity contribution in [1.29, 1.82) is 0 Å². The maximum atomic E-state index is 14.0. The molecule has 6 rings (SSSR count). The molecule has 0 radical (unpaired) electrons. The second kappa shape index (κ2) is 19.6. The van der Waals surface area contributed by atoms with E-state index in [9.17, 15) is 33.6 Å². The third kappa shape index (κ3) is 8.93. The Hall–Kier alpha value is -5.68. The van der Waals surface area contributed by atoms with Gasteiger partial charge in [0.05, 0.1) is 90.6 Å². The van der Waals surface area contributed by atoms with Gasteiger partial charge in [0, 0.05) is 93.8 Å². The summed E-state index contributed by atoms with van der Waals surface area (Å²) in [5, 5.41) is 7.00. The molecule has 0 spiro atoms. The van der Waals surface area contributed by atoms with Crippen molar-refractivity contribution in [1.82, 2.24) is 10.6 Å². The number of fused-ring (bicyclic) bond motifs is 6. The number of ether oxygens (including phenoxy) is 6. The fourth-order valence-electron chi connectivity index (χ4n) is 12.7. The molecule has 18 heteroatoms. The summed E-state index contributed by atoms with van der Waals surface area (Å²) < 4.78 is 31.7. The van der Waals surface area contributed by atoms with Gasteiger partial charge in [-0.05, 0) is 57.6 Å². The molecule has 0 aromatic carbocycles. The number of aliphatic imine (C=N–C) groups is 3. The Kier molecular flexibility index (Phi) is 15.0. The number of methoxy groups -OCH3 is 6. The number of hydrogen-bond acceptors (Lipinski definition) is 17. The Labute approximate surface area is 404 Å². The normalized spacial score (nSPS) is 35.2. The van der Waals surface area contributed by atoms with Crippen LogP contribution in [0.1, 0.15) is 126 Å². The summed E-state index contributed by atoms with van der Waals surface area (Å²) in [6.45, 7) is 15.7. The van der Waals surface area contributed by atoms with Gasteiger partial charge in [-0.3, -0.25) is 48.5 Å². The lowest BCUT2D eigenvalue weighted by Crippen LogP contribution is -2.55. The summed E-state index contributed by atoms with van der Waals surface area (Å²) in [5.74, 6) is -5.44. The van der Waals surface area contributed by atoms with Crippen LogP contribution in [0.15, 0.2) is 48.9 Å². The van der Waals surface area contributed by atoms with Gasteiger partial charge >= 0.3 is 35.8 Å². The molecule has 1 amide bonds. The van der Waals surface area contributed by atoms with E-state index in [0.29, 0.717) is 63.9 Å². The van der Waals surface area contributed by atoms with Gasteiger partial charge in [0.1, 0.15) is 0 Å². The number of allylic oxidation sites excluding steroid dienone is 6. The first kappa shape index (κ1) is 52.7. The van der Waals surface area contributed by atoms with Crippen molar-refractivity contribution in [3.63, 3.8) is 0 Å². The van der Waals surface area contributed by atoms with Crippen molar-refractivity contribution in [3.05, 3.63) is 33.9 Å². The predicted octanol–water partition coefficient (Wildman–Crippen LogP) is 5.82. The maximum Gasteiger partial charge on any atom is 0.306 e. The van der Waals surface area contributed by atoms with Crippen molar-refractivity contribution in [3.8, 4) is 0 Å². The highest BCUT2D eigenvalue weighted by atomic mass is 16.5. The van der Waals surface area contributed by atoms with E-state index in [1.807, 2.05) is 55.4 Å². The maximum absolute atomic E-state index is 14.0. The van der Waals surface area contributed by atoms with Gasteiger partial charge in [0.25, 0.3) is 0 Å². The zero-order valence-electron chi connectivity index (χ0n) is 42.8. The molecule has 9 atom stereocenters. The Morgan fingerprint density at radius 1 is 0.652 bits per heavy atom. The van der Waals surface area contributed by atoms with Crippen LogP contribution in [-0.4, -0.2) is 113 Å². The molecule has 1 unspecified atom stereocenters. The van der Waals surface area contributed by atoms with E-state index in [4.69, 9.17) is 43.4 Å². The third-order valence-corrected chi connectivity index (χ3v) is 17.0. The van der Waals surface area contributed by atoms with Crippen LogP contribution >= 0.6 is 0 Å². The lowest BCUT2D eigenvalue weighted by Gasteiger charge is -2.48. The highest BCUT2D eigenvalue weighted by Crippen LogP contribution is 2.63. The van der Waals surface area contributed by atoms with Gasteiger partial charge in [-0.15, -0.1) is 0 Å². The Bertz CT molecular complexity index is 2390. The summed E-state index contributed by atoms with van der Waals surface area (Å²) in [5.41, 5.74) is -0.236. The van der Waals surface area contributed by atoms with Gasteiger partial charge in [-0.2, -0.15) is 0 Å². The fraction of sp³-hybridized carbons (Fsp3) is 0.686. The minimum absolute atomic E-state index is 0.0390. The van der Waals surface area contributed by atoms with Crippen molar-refractivity contribution in [2.75, 3.05) is 42.7 Å². The molecule has 0 aromatic heterocycles. The molecule has 6 aliphatic heterocycles. The number of esters is 6. The molecule has 69 heavy (non-hydrogen) atoms. The lowest BCUT2D eigenvalue weighted by molar-refractivity contribution is -0.147. The predicted molar refractivity (Wildman–Crippen MR) is 253 cm³/mol. The van der Waals surface area contributed by atoms with Crippen LogP contribution in [-0.2, 0) is 62.0 Å². The number of carbonyl (C=O) groups excluding carboxylic acids is 7. The molecule has 0 aliphatic carbocycles. The zero-order valence-corrected chi connectivity index (χ0v) is 42.8. The summed E-state index contributed by atoms with van der Waals surface area (Å²) in [6, 6.07) is -0.882. The minimum atomic E-state index is -1.36. The summed E-state index contributed by atoms with van der Waals surface area (Å²) in [6.07, 6.45) is 0.641. The van der Waals surface area contributed by atoms with Crippen molar-refractivity contribution in [2.24, 2.45) is 60.3 Å². The Morgan fingerprint density at radius 2 is 1.20 bits per heavy atom. The summed E-state index contributed by atoms with van der Waals surface area (Å²) >= 11 is 0. The van der Waals surface area contributed by atoms with Gasteiger partial charge in [0.15, 0.2) is 0 Å². The molecule has 2 fully saturated rings. The van der Waals surface area contributed by atoms with E-state index < -0.39 is 92.7 Å². The van der Waals surface area contributed by atoms with Crippen LogP contribution in [0.5, 0.6) is 0 Å². The zero-order chi connectivity index (χ0) is 51.2. The smallest absolute Gasteiger partial charge is 0.306 e. The summed E-state index contributed by atoms with van der Waals surface area (Å²) in [4.78, 5) is 112. The van der Waals surface area contributed by atoms with Crippen LogP contribution < -0.4 is 10.6 Å². The molecular weight excluding hydrogens is 891 g/mol. The highest BCUT2D eigenvalue weighted by Gasteiger charge is 2.67. The number of nitrogens with zero attached hydrogens (tertiary/aromatic N) is 3. The first-order valence-electron chi connectivity index (χ1n) is 23.8. The summed E-state index contributed by atoms with van der Waals surface area (Å²) in [7, 11) is 7.91. The molecule has 6 heterocycles. The standard InChI is InChI=1S/C51H71N5O13/c1-26-39-28(16-19-33(58)64-9)47(3,4)46(53-39)42-41-29(15-18-32(57)52-42)49(6,24-37(62)68-13)44(54-41)27(2)40-30(17-20-34(59)65-10)50(7,25-38(63)69-14)51(8,56-40)45-31(23-36(61)67-12)48(5,43(26)55-45)22-21-35(60)66-11/h28-31,45,53H,15-25H2,1-14H3,(H,52,57)/b39-26-,44-27-,46-42+/t28-,29-,30-,31+,45?,48-,49+,50+,51+/m1/s1. The topological polar surface area (TPSA) is 236 Å². The minimum Gasteiger partial charge on any atom is -0.469 e. The van der Waals surface area contributed by atoms with Crippen LogP contribution in [0, 0.1) is 45.3 Å². The molecular formula is C51H71N5O13. The average molecular weight is 962 g/mol. The first-order valence-corrected chi connectivity index (χ1v) is 23.8. The molecule has 8 bridgehead atoms. The Morgan fingerprint density at radius 3 is 1.78 bits per heavy atom. The molecule has 2 saturated heterocycles. The number of nitrogens with one attached hydrogen (secondary N) is 2. The molecule has 2 N–H and O–H groups in total. The van der Waals surface area contributed by atoms with Crippen LogP contribution in [0.2, 0.25) is 0 Å². The number of amides is 1. The molecule has 0 aromatic rings. The Balaban J connectivity index is 1.85. The van der Waals surface area contributed by atoms with Crippen molar-refractivity contribution < 1.29 is 62.0 Å². The second-order valence-electron chi connectivity index (χ2n) is 20.9. The van der Waals surface area contributed by atoms with Crippen molar-refractivity contribution in [2.45, 2.75) is 138 Å². The first-order chi connectivity index (χ1) is 32.4. The van der Waals surface area contributed by atoms with E-state index in [0.717, 1.165) is 0 Å². The van der Waals surface area contributed by atoms with Crippen LogP contribution in [0.25, 0.3) is 0 Å². The van der Waals surface area contributed by atoms with Crippen LogP contribution in [0.4, 0.5) is 0 Å². The monoisotopic (exact) mass is 962 g/mol. The second-order valence-corrected chi connectivity index (χ2v) is 20.9. The van der Waals surface area contributed by atoms with E-state index >= 15 is 0 Å². The fourth-order valence-corrected chi connectivity index (χ4v) is 12.7. The number of hydrogen-bond donors (Lipinski definition) is 2. The van der Waals surface area contributed by atoms with E-state index in [1.54, 1.807) is 0 Å². The molecule has 6 aliphatic rings. The van der Waals surface area contributed by atoms with E-state index in [1.165, 1.54) is 42.7 Å². The highest BCUT2D eigenvalue weighted by molar-refractivity contribution is 6.12. The molecule has 378 valence electrons. The van der Waals surface area contributed by atoms with Crippen LogP contribution in [0.3, 0.4) is 0 Å². The lowest BCUT2D eigenvalue weighted by atomic mass is 9.55. The van der Waals surface area contributed by atoms with Crippen molar-refractivity contribution >= 4 is 58.9 Å². The number of carbonyl (C=O) groups is 7. The van der Waals surface area contributed by atoms with Gasteiger partial charge in [0.2, 0.25) is 5.91 Å². The SMILES string of the molecule is COC(=O)CC[C@@H]1/C2=C(\C)C3=NC([C@H](CC(=O)OC)[C@@]3(C)CCC(=O)OC)[C@]3(C)N=C(/C(C)=C4N=C5/C(=C(\N2)C1(C)C)NC(=O)CC[C@H]5[C@]\4(C)CC(=O)OC)[C@@H](CCC(=O)OC)[C@]3(C)CC(=O)OC. The average Bonchev–Trinajstić information content (AvgIpc) is 3.90. The van der Waals surface area contributed by atoms with Gasteiger partial charge in [-0.1, -0.05) is 34.6 Å². The quantitative estimate of drug-likeness (QED) is 0.145. The largest absolute Gasteiger partial charge is 0.469 e. The molecule has 0 saturated carbocycles.